The van der Waals surface area contributed by atoms with Gasteiger partial charge in [-0.25, -0.2) is 15.0 Å². The van der Waals surface area contributed by atoms with Gasteiger partial charge < -0.3 is 10.6 Å². The fourth-order valence-corrected chi connectivity index (χ4v) is 4.03. The van der Waals surface area contributed by atoms with Gasteiger partial charge in [-0.15, -0.1) is 0 Å². The Bertz CT molecular complexity index is 1270. The second-order valence-corrected chi connectivity index (χ2v) is 7.60. The quantitative estimate of drug-likeness (QED) is 0.558. The van der Waals surface area contributed by atoms with Crippen molar-refractivity contribution in [2.45, 2.75) is 19.9 Å². The largest absolute Gasteiger partial charge is 0.368 e. The first-order valence-corrected chi connectivity index (χ1v) is 9.94. The van der Waals surface area contributed by atoms with Crippen molar-refractivity contribution in [3.8, 4) is 11.3 Å². The number of pyridine rings is 1. The van der Waals surface area contributed by atoms with E-state index in [1.54, 1.807) is 12.4 Å². The molecule has 0 saturated heterocycles. The fraction of sp³-hybridized carbons (Fsp3) is 0.167. The lowest BCUT2D eigenvalue weighted by molar-refractivity contribution is 0.0736. The Kier molecular flexibility index (Phi) is 4.39. The van der Waals surface area contributed by atoms with Gasteiger partial charge in [0, 0.05) is 36.4 Å². The molecule has 1 aliphatic rings. The molecule has 0 fully saturated rings. The average molecular weight is 395 g/mol. The molecular formula is C24H21N5O. The van der Waals surface area contributed by atoms with Gasteiger partial charge in [-0.3, -0.25) is 4.79 Å². The number of hydrogen-bond donors (Lipinski definition) is 1. The van der Waals surface area contributed by atoms with Gasteiger partial charge in [0.1, 0.15) is 0 Å². The molecule has 148 valence electrons. The average Bonchev–Trinajstić information content (AvgIpc) is 2.78. The van der Waals surface area contributed by atoms with Crippen LogP contribution >= 0.6 is 0 Å². The van der Waals surface area contributed by atoms with Gasteiger partial charge in [-0.1, -0.05) is 42.5 Å². The molecule has 0 spiro atoms. The molecular weight excluding hydrogens is 374 g/mol. The standard InChI is InChI=1S/C24H21N5O/c1-15-5-4-8-19-20(11-21(28-22(15)19)18-12-26-24(25)27-13-18)23(30)29-10-9-16-6-2-3-7-17(16)14-29/h2-8,11-13H,9-10,14H2,1H3,(H2,25,26,27). The van der Waals surface area contributed by atoms with E-state index in [1.165, 1.54) is 11.1 Å². The van der Waals surface area contributed by atoms with Crippen LogP contribution in [0.5, 0.6) is 0 Å². The molecule has 0 bridgehead atoms. The van der Waals surface area contributed by atoms with Crippen molar-refractivity contribution in [1.29, 1.82) is 0 Å². The van der Waals surface area contributed by atoms with Crippen molar-refractivity contribution < 1.29 is 4.79 Å². The van der Waals surface area contributed by atoms with Crippen molar-refractivity contribution in [2.75, 3.05) is 12.3 Å². The number of carbonyl (C=O) groups excluding carboxylic acids is 1. The highest BCUT2D eigenvalue weighted by atomic mass is 16.2. The lowest BCUT2D eigenvalue weighted by Crippen LogP contribution is -2.36. The smallest absolute Gasteiger partial charge is 0.254 e. The van der Waals surface area contributed by atoms with Crippen LogP contribution in [0.3, 0.4) is 0 Å². The molecule has 0 radical (unpaired) electrons. The zero-order chi connectivity index (χ0) is 20.7. The van der Waals surface area contributed by atoms with Crippen LogP contribution in [0.4, 0.5) is 5.95 Å². The summed E-state index contributed by atoms with van der Waals surface area (Å²) < 4.78 is 0. The van der Waals surface area contributed by atoms with Gasteiger partial charge in [0.25, 0.3) is 5.91 Å². The molecule has 0 atom stereocenters. The molecule has 3 heterocycles. The summed E-state index contributed by atoms with van der Waals surface area (Å²) in [6.45, 7) is 3.32. The van der Waals surface area contributed by atoms with Crippen molar-refractivity contribution in [2.24, 2.45) is 0 Å². The molecule has 0 saturated carbocycles. The summed E-state index contributed by atoms with van der Waals surface area (Å²) in [5.41, 5.74) is 12.0. The number of nitrogens with two attached hydrogens (primary N) is 1. The molecule has 5 rings (SSSR count). The Morgan fingerprint density at radius 1 is 1.03 bits per heavy atom. The molecule has 2 aromatic heterocycles. The number of hydrogen-bond acceptors (Lipinski definition) is 5. The lowest BCUT2D eigenvalue weighted by Gasteiger charge is -2.29. The van der Waals surface area contributed by atoms with Crippen molar-refractivity contribution in [3.05, 3.63) is 83.2 Å². The third-order valence-corrected chi connectivity index (χ3v) is 5.66. The van der Waals surface area contributed by atoms with E-state index >= 15 is 0 Å². The predicted octanol–water partition coefficient (Wildman–Crippen LogP) is 3.78. The number of carbonyl (C=O) groups is 1. The minimum absolute atomic E-state index is 0.0140. The summed E-state index contributed by atoms with van der Waals surface area (Å²) in [4.78, 5) is 28.5. The van der Waals surface area contributed by atoms with Crippen LogP contribution in [0, 0.1) is 6.92 Å². The normalized spacial score (nSPS) is 13.3. The van der Waals surface area contributed by atoms with E-state index in [1.807, 2.05) is 42.2 Å². The monoisotopic (exact) mass is 395 g/mol. The Morgan fingerprint density at radius 3 is 2.60 bits per heavy atom. The van der Waals surface area contributed by atoms with Crippen LogP contribution in [0.2, 0.25) is 0 Å². The summed E-state index contributed by atoms with van der Waals surface area (Å²) in [5.74, 6) is 0.221. The maximum absolute atomic E-state index is 13.6. The van der Waals surface area contributed by atoms with E-state index in [4.69, 9.17) is 10.7 Å². The molecule has 0 unspecified atom stereocenters. The van der Waals surface area contributed by atoms with Crippen molar-refractivity contribution >= 4 is 22.8 Å². The number of amides is 1. The molecule has 6 heteroatoms. The van der Waals surface area contributed by atoms with Gasteiger partial charge in [-0.2, -0.15) is 0 Å². The second kappa shape index (κ2) is 7.22. The van der Waals surface area contributed by atoms with E-state index in [0.29, 0.717) is 24.3 Å². The summed E-state index contributed by atoms with van der Waals surface area (Å²) in [7, 11) is 0. The SMILES string of the molecule is Cc1cccc2c(C(=O)N3CCc4ccccc4C3)cc(-c3cnc(N)nc3)nc12. The molecule has 2 aromatic carbocycles. The van der Waals surface area contributed by atoms with Crippen LogP contribution in [-0.4, -0.2) is 32.3 Å². The summed E-state index contributed by atoms with van der Waals surface area (Å²) in [6, 6.07) is 16.1. The molecule has 2 N–H and O–H groups in total. The highest BCUT2D eigenvalue weighted by Crippen LogP contribution is 2.29. The van der Waals surface area contributed by atoms with Gasteiger partial charge in [0.15, 0.2) is 0 Å². The van der Waals surface area contributed by atoms with E-state index in [9.17, 15) is 4.79 Å². The van der Waals surface area contributed by atoms with Crippen LogP contribution in [0.25, 0.3) is 22.2 Å². The van der Waals surface area contributed by atoms with E-state index < -0.39 is 0 Å². The minimum Gasteiger partial charge on any atom is -0.368 e. The summed E-state index contributed by atoms with van der Waals surface area (Å²) >= 11 is 0. The van der Waals surface area contributed by atoms with E-state index in [0.717, 1.165) is 28.5 Å². The first-order valence-electron chi connectivity index (χ1n) is 9.94. The minimum atomic E-state index is 0.0140. The Morgan fingerprint density at radius 2 is 1.80 bits per heavy atom. The van der Waals surface area contributed by atoms with Crippen molar-refractivity contribution in [1.82, 2.24) is 19.9 Å². The number of rotatable bonds is 2. The number of nitrogen functional groups attached to an aromatic ring is 1. The Hall–Kier alpha value is -3.80. The zero-order valence-electron chi connectivity index (χ0n) is 16.7. The van der Waals surface area contributed by atoms with E-state index in [2.05, 4.69) is 28.2 Å². The van der Waals surface area contributed by atoms with Crippen LogP contribution in [0.15, 0.2) is 60.9 Å². The number of anilines is 1. The number of aryl methyl sites for hydroxylation is 1. The van der Waals surface area contributed by atoms with Crippen LogP contribution in [-0.2, 0) is 13.0 Å². The number of nitrogens with zero attached hydrogens (tertiary/aromatic N) is 4. The maximum Gasteiger partial charge on any atom is 0.254 e. The van der Waals surface area contributed by atoms with Gasteiger partial charge in [-0.05, 0) is 36.1 Å². The van der Waals surface area contributed by atoms with Gasteiger partial charge >= 0.3 is 0 Å². The predicted molar refractivity (Wildman–Crippen MR) is 117 cm³/mol. The maximum atomic E-state index is 13.6. The zero-order valence-corrected chi connectivity index (χ0v) is 16.7. The Balaban J connectivity index is 1.62. The van der Waals surface area contributed by atoms with Crippen LogP contribution in [0.1, 0.15) is 27.0 Å². The molecule has 6 nitrogen and oxygen atoms in total. The number of aromatic nitrogens is 3. The van der Waals surface area contributed by atoms with Gasteiger partial charge in [0.2, 0.25) is 5.95 Å². The first-order chi connectivity index (χ1) is 14.6. The van der Waals surface area contributed by atoms with Gasteiger partial charge in [0.05, 0.1) is 16.8 Å². The molecule has 1 amide bonds. The molecule has 1 aliphatic heterocycles. The number of benzene rings is 2. The highest BCUT2D eigenvalue weighted by Gasteiger charge is 2.24. The lowest BCUT2D eigenvalue weighted by atomic mass is 9.97. The molecule has 30 heavy (non-hydrogen) atoms. The molecule has 4 aromatic rings. The third kappa shape index (κ3) is 3.16. The highest BCUT2D eigenvalue weighted by molar-refractivity contribution is 6.07. The molecule has 0 aliphatic carbocycles. The topological polar surface area (TPSA) is 85.0 Å². The number of para-hydroxylation sites is 1. The Labute approximate surface area is 174 Å². The fourth-order valence-electron chi connectivity index (χ4n) is 4.03. The summed E-state index contributed by atoms with van der Waals surface area (Å²) in [5, 5.41) is 0.860. The van der Waals surface area contributed by atoms with Crippen LogP contribution < -0.4 is 5.73 Å². The second-order valence-electron chi connectivity index (χ2n) is 7.60. The number of fused-ring (bicyclic) bond motifs is 2. The first kappa shape index (κ1) is 18.2. The van der Waals surface area contributed by atoms with E-state index in [-0.39, 0.29) is 11.9 Å². The summed E-state index contributed by atoms with van der Waals surface area (Å²) in [6.07, 6.45) is 4.14. The third-order valence-electron chi connectivity index (χ3n) is 5.66. The van der Waals surface area contributed by atoms with Crippen molar-refractivity contribution in [3.63, 3.8) is 0 Å².